The molecule has 1 aliphatic rings. The van der Waals surface area contributed by atoms with Gasteiger partial charge in [0.05, 0.1) is 17.3 Å². The van der Waals surface area contributed by atoms with E-state index in [-0.39, 0.29) is 5.91 Å². The number of hydrogen-bond acceptors (Lipinski definition) is 5. The Morgan fingerprint density at radius 1 is 1.16 bits per heavy atom. The molecule has 152 valence electrons. The fourth-order valence-electron chi connectivity index (χ4n) is 4.18. The van der Waals surface area contributed by atoms with E-state index in [9.17, 15) is 4.79 Å². The van der Waals surface area contributed by atoms with Gasteiger partial charge in [0, 0.05) is 16.8 Å². The molecule has 31 heavy (non-hydrogen) atoms. The van der Waals surface area contributed by atoms with Crippen molar-refractivity contribution in [3.05, 3.63) is 87.9 Å². The van der Waals surface area contributed by atoms with Gasteiger partial charge in [0.2, 0.25) is 0 Å². The third-order valence-corrected chi connectivity index (χ3v) is 6.95. The molecular formula is C25H20N4OS. The molecule has 1 unspecified atom stereocenters. The molecule has 0 radical (unpaired) electrons. The second-order valence-corrected chi connectivity index (χ2v) is 8.78. The van der Waals surface area contributed by atoms with Gasteiger partial charge in [-0.05, 0) is 66.6 Å². The van der Waals surface area contributed by atoms with Crippen LogP contribution in [0, 0.1) is 11.3 Å². The molecule has 2 aromatic heterocycles. The first-order valence-electron chi connectivity index (χ1n) is 10.2. The summed E-state index contributed by atoms with van der Waals surface area (Å²) in [6.07, 6.45) is 2.93. The highest BCUT2D eigenvalue weighted by Crippen LogP contribution is 2.38. The fourth-order valence-corrected chi connectivity index (χ4v) is 5.18. The summed E-state index contributed by atoms with van der Waals surface area (Å²) in [7, 11) is 0. The predicted molar refractivity (Wildman–Crippen MR) is 124 cm³/mol. The van der Waals surface area contributed by atoms with Crippen molar-refractivity contribution in [3.8, 4) is 6.07 Å². The van der Waals surface area contributed by atoms with Crippen LogP contribution in [0.15, 0.2) is 60.7 Å². The molecule has 0 saturated carbocycles. The molecule has 1 aliphatic carbocycles. The van der Waals surface area contributed by atoms with Crippen LogP contribution in [0.25, 0.3) is 10.2 Å². The number of benzene rings is 2. The number of nitrogens with two attached hydrogens (primary N) is 1. The van der Waals surface area contributed by atoms with E-state index in [1.54, 1.807) is 24.3 Å². The zero-order valence-corrected chi connectivity index (χ0v) is 17.6. The number of amides is 1. The third kappa shape index (κ3) is 3.65. The lowest BCUT2D eigenvalue weighted by atomic mass is 9.82. The molecule has 0 bridgehead atoms. The van der Waals surface area contributed by atoms with Crippen LogP contribution in [0.3, 0.4) is 0 Å². The van der Waals surface area contributed by atoms with Gasteiger partial charge in [-0.1, -0.05) is 30.3 Å². The van der Waals surface area contributed by atoms with Crippen LogP contribution in [0.4, 0.5) is 11.4 Å². The lowest BCUT2D eigenvalue weighted by Crippen LogP contribution is -2.14. The number of thiophene rings is 1. The summed E-state index contributed by atoms with van der Waals surface area (Å²) < 4.78 is 0. The number of nitriles is 1. The summed E-state index contributed by atoms with van der Waals surface area (Å²) in [6.45, 7) is 0. The Balaban J connectivity index is 1.43. The van der Waals surface area contributed by atoms with Gasteiger partial charge in [0.15, 0.2) is 0 Å². The summed E-state index contributed by atoms with van der Waals surface area (Å²) in [5, 5.41) is 12.6. The number of aromatic nitrogens is 1. The second kappa shape index (κ2) is 7.86. The molecule has 2 aromatic carbocycles. The summed E-state index contributed by atoms with van der Waals surface area (Å²) >= 11 is 1.33. The van der Waals surface area contributed by atoms with E-state index < -0.39 is 0 Å². The van der Waals surface area contributed by atoms with E-state index in [1.807, 2.05) is 6.07 Å². The van der Waals surface area contributed by atoms with Crippen molar-refractivity contribution in [1.29, 1.82) is 5.26 Å². The second-order valence-electron chi connectivity index (χ2n) is 7.79. The first-order chi connectivity index (χ1) is 15.1. The molecule has 5 rings (SSSR count). The maximum Gasteiger partial charge on any atom is 0.267 e. The van der Waals surface area contributed by atoms with Gasteiger partial charge in [-0.3, -0.25) is 4.79 Å². The van der Waals surface area contributed by atoms with Gasteiger partial charge in [0.25, 0.3) is 5.91 Å². The Morgan fingerprint density at radius 2 is 1.94 bits per heavy atom. The molecule has 5 nitrogen and oxygen atoms in total. The number of nitrogens with one attached hydrogen (secondary N) is 1. The van der Waals surface area contributed by atoms with Gasteiger partial charge < -0.3 is 11.1 Å². The van der Waals surface area contributed by atoms with Gasteiger partial charge in [-0.25, -0.2) is 4.98 Å². The molecule has 0 saturated heterocycles. The number of fused-ring (bicyclic) bond motifs is 2. The summed E-state index contributed by atoms with van der Waals surface area (Å²) in [4.78, 5) is 19.0. The normalized spacial score (nSPS) is 15.3. The number of hydrogen-bond donors (Lipinski definition) is 2. The summed E-state index contributed by atoms with van der Waals surface area (Å²) in [6, 6.07) is 21.5. The molecule has 6 heteroatoms. The quantitative estimate of drug-likeness (QED) is 0.468. The minimum atomic E-state index is -0.259. The highest BCUT2D eigenvalue weighted by molar-refractivity contribution is 7.21. The van der Waals surface area contributed by atoms with Crippen molar-refractivity contribution in [2.24, 2.45) is 0 Å². The molecule has 3 N–H and O–H groups in total. The number of aryl methyl sites for hydroxylation is 1. The summed E-state index contributed by atoms with van der Waals surface area (Å²) in [5.74, 6) is 0.220. The van der Waals surface area contributed by atoms with E-state index in [0.717, 1.165) is 35.2 Å². The standard InChI is InChI=1S/C25H20N4OS/c26-14-15-6-9-19(10-7-15)28-24(30)23-22(27)20-13-18-12-17(16-4-2-1-3-5-16)8-11-21(18)29-25(20)31-23/h1-7,9-10,13,17H,8,11-12,27H2,(H,28,30). The Hall–Kier alpha value is -3.69. The topological polar surface area (TPSA) is 91.8 Å². The number of anilines is 2. The third-order valence-electron chi connectivity index (χ3n) is 5.83. The number of rotatable bonds is 3. The molecule has 2 heterocycles. The molecule has 0 spiro atoms. The zero-order chi connectivity index (χ0) is 21.4. The average molecular weight is 425 g/mol. The van der Waals surface area contributed by atoms with Crippen LogP contribution >= 0.6 is 11.3 Å². The lowest BCUT2D eigenvalue weighted by Gasteiger charge is -2.24. The maximum atomic E-state index is 12.8. The van der Waals surface area contributed by atoms with E-state index in [0.29, 0.717) is 27.7 Å². The van der Waals surface area contributed by atoms with Crippen molar-refractivity contribution in [3.63, 3.8) is 0 Å². The van der Waals surface area contributed by atoms with Crippen LogP contribution in [0.5, 0.6) is 0 Å². The molecule has 1 atom stereocenters. The van der Waals surface area contributed by atoms with Crippen molar-refractivity contribution < 1.29 is 4.79 Å². The van der Waals surface area contributed by atoms with Crippen molar-refractivity contribution >= 4 is 38.8 Å². The van der Waals surface area contributed by atoms with Crippen LogP contribution in [0.1, 0.15) is 44.4 Å². The van der Waals surface area contributed by atoms with Crippen LogP contribution in [-0.2, 0) is 12.8 Å². The highest BCUT2D eigenvalue weighted by Gasteiger charge is 2.24. The van der Waals surface area contributed by atoms with E-state index in [1.165, 1.54) is 22.5 Å². The largest absolute Gasteiger partial charge is 0.397 e. The zero-order valence-electron chi connectivity index (χ0n) is 16.8. The maximum absolute atomic E-state index is 12.8. The van der Waals surface area contributed by atoms with Crippen LogP contribution in [0.2, 0.25) is 0 Å². The Labute approximate surface area is 184 Å². The first-order valence-corrected chi connectivity index (χ1v) is 11.0. The predicted octanol–water partition coefficient (Wildman–Crippen LogP) is 5.27. The minimum absolute atomic E-state index is 0.259. The smallest absolute Gasteiger partial charge is 0.267 e. The number of carbonyl (C=O) groups is 1. The van der Waals surface area contributed by atoms with Gasteiger partial charge in [-0.15, -0.1) is 11.3 Å². The number of pyridine rings is 1. The minimum Gasteiger partial charge on any atom is -0.397 e. The first kappa shape index (κ1) is 19.3. The van der Waals surface area contributed by atoms with E-state index in [2.05, 4.69) is 41.7 Å². The Morgan fingerprint density at radius 3 is 2.68 bits per heavy atom. The van der Waals surface area contributed by atoms with Crippen molar-refractivity contribution in [2.75, 3.05) is 11.1 Å². The van der Waals surface area contributed by atoms with Crippen LogP contribution < -0.4 is 11.1 Å². The number of nitrogens with zero attached hydrogens (tertiary/aromatic N) is 2. The van der Waals surface area contributed by atoms with Crippen LogP contribution in [-0.4, -0.2) is 10.9 Å². The molecule has 0 fully saturated rings. The Bertz CT molecular complexity index is 1320. The number of carbonyl (C=O) groups excluding carboxylic acids is 1. The number of nitrogen functional groups attached to an aromatic ring is 1. The van der Waals surface area contributed by atoms with Gasteiger partial charge in [-0.2, -0.15) is 5.26 Å². The fraction of sp³-hybridized carbons (Fsp3) is 0.160. The SMILES string of the molecule is N#Cc1ccc(NC(=O)c2sc3nc4c(cc3c2N)CC(c2ccccc2)CC4)cc1. The van der Waals surface area contributed by atoms with Gasteiger partial charge in [0.1, 0.15) is 9.71 Å². The highest BCUT2D eigenvalue weighted by atomic mass is 32.1. The summed E-state index contributed by atoms with van der Waals surface area (Å²) in [5.41, 5.74) is 11.7. The van der Waals surface area contributed by atoms with Crippen molar-refractivity contribution in [2.45, 2.75) is 25.2 Å². The van der Waals surface area contributed by atoms with E-state index in [4.69, 9.17) is 16.0 Å². The molecular weight excluding hydrogens is 404 g/mol. The molecule has 0 aliphatic heterocycles. The van der Waals surface area contributed by atoms with Gasteiger partial charge >= 0.3 is 0 Å². The average Bonchev–Trinajstić information content (AvgIpc) is 3.14. The monoisotopic (exact) mass is 424 g/mol. The van der Waals surface area contributed by atoms with Crippen molar-refractivity contribution in [1.82, 2.24) is 4.98 Å². The lowest BCUT2D eigenvalue weighted by molar-refractivity contribution is 0.103. The molecule has 4 aromatic rings. The molecule has 1 amide bonds. The van der Waals surface area contributed by atoms with E-state index >= 15 is 0 Å². The Kier molecular flexibility index (Phi) is 4.89.